The maximum atomic E-state index is 13.1. The molecule has 2 rings (SSSR count). The van der Waals surface area contributed by atoms with E-state index in [2.05, 4.69) is 36.1 Å². The first-order valence-corrected chi connectivity index (χ1v) is 7.22. The van der Waals surface area contributed by atoms with Crippen LogP contribution in [0.2, 0.25) is 0 Å². The number of hydrogen-bond acceptors (Lipinski definition) is 2. The summed E-state index contributed by atoms with van der Waals surface area (Å²) in [6, 6.07) is 14.6. The van der Waals surface area contributed by atoms with Gasteiger partial charge in [-0.15, -0.1) is 0 Å². The first-order valence-electron chi connectivity index (χ1n) is 7.22. The highest BCUT2D eigenvalue weighted by Crippen LogP contribution is 2.18. The molecule has 0 fully saturated rings. The molecule has 0 saturated heterocycles. The predicted molar refractivity (Wildman–Crippen MR) is 83.5 cm³/mol. The van der Waals surface area contributed by atoms with Crippen LogP contribution in [-0.4, -0.2) is 23.6 Å². The van der Waals surface area contributed by atoms with E-state index in [4.69, 9.17) is 0 Å². The summed E-state index contributed by atoms with van der Waals surface area (Å²) < 4.78 is 13.1. The molecule has 3 heteroatoms. The van der Waals surface area contributed by atoms with Gasteiger partial charge in [-0.3, -0.25) is 0 Å². The third-order valence-corrected chi connectivity index (χ3v) is 3.59. The number of aryl methyl sites for hydroxylation is 1. The fraction of sp³-hybridized carbons (Fsp3) is 0.333. The summed E-state index contributed by atoms with van der Waals surface area (Å²) in [5, 5.41) is 10.1. The molecule has 0 bridgehead atoms. The van der Waals surface area contributed by atoms with Crippen molar-refractivity contribution in [3.63, 3.8) is 0 Å². The van der Waals surface area contributed by atoms with Gasteiger partial charge in [0.1, 0.15) is 5.82 Å². The van der Waals surface area contributed by atoms with Crippen LogP contribution in [0, 0.1) is 12.7 Å². The molecule has 0 radical (unpaired) electrons. The second-order valence-corrected chi connectivity index (χ2v) is 5.58. The van der Waals surface area contributed by atoms with Gasteiger partial charge in [0.2, 0.25) is 0 Å². The molecule has 0 aliphatic carbocycles. The van der Waals surface area contributed by atoms with Gasteiger partial charge in [-0.2, -0.15) is 0 Å². The van der Waals surface area contributed by atoms with Gasteiger partial charge in [0, 0.05) is 13.1 Å². The Balaban J connectivity index is 1.83. The number of benzene rings is 2. The van der Waals surface area contributed by atoms with E-state index in [0.717, 1.165) is 13.1 Å². The second kappa shape index (κ2) is 7.34. The van der Waals surface area contributed by atoms with Crippen LogP contribution < -0.4 is 0 Å². The van der Waals surface area contributed by atoms with Gasteiger partial charge in [-0.1, -0.05) is 42.0 Å². The van der Waals surface area contributed by atoms with E-state index in [1.165, 1.54) is 23.3 Å². The first kappa shape index (κ1) is 15.7. The van der Waals surface area contributed by atoms with Crippen molar-refractivity contribution >= 4 is 0 Å². The lowest BCUT2D eigenvalue weighted by molar-refractivity contribution is 0.147. The molecule has 0 heterocycles. The Morgan fingerprint density at radius 1 is 1.14 bits per heavy atom. The summed E-state index contributed by atoms with van der Waals surface area (Å²) in [4.78, 5) is 2.16. The lowest BCUT2D eigenvalue weighted by Crippen LogP contribution is -2.21. The minimum atomic E-state index is -0.624. The summed E-state index contributed by atoms with van der Waals surface area (Å²) in [5.74, 6) is -0.306. The van der Waals surface area contributed by atoms with Crippen molar-refractivity contribution in [3.8, 4) is 0 Å². The summed E-state index contributed by atoms with van der Waals surface area (Å²) in [5.41, 5.74) is 3.14. The van der Waals surface area contributed by atoms with Gasteiger partial charge in [-0.25, -0.2) is 4.39 Å². The molecule has 1 unspecified atom stereocenters. The minimum Gasteiger partial charge on any atom is -0.388 e. The molecule has 2 nitrogen and oxygen atoms in total. The van der Waals surface area contributed by atoms with Crippen LogP contribution in [0.4, 0.5) is 4.39 Å². The van der Waals surface area contributed by atoms with Crippen LogP contribution in [0.5, 0.6) is 0 Å². The maximum Gasteiger partial charge on any atom is 0.123 e. The highest BCUT2D eigenvalue weighted by Gasteiger charge is 2.10. The van der Waals surface area contributed by atoms with Gasteiger partial charge in [0.15, 0.2) is 0 Å². The summed E-state index contributed by atoms with van der Waals surface area (Å²) in [7, 11) is 2.03. The van der Waals surface area contributed by atoms with Crippen LogP contribution in [0.3, 0.4) is 0 Å². The first-order chi connectivity index (χ1) is 10.0. The molecule has 0 aliphatic rings. The van der Waals surface area contributed by atoms with Crippen LogP contribution in [0.1, 0.15) is 29.2 Å². The Bertz CT molecular complexity index is 568. The van der Waals surface area contributed by atoms with E-state index in [1.807, 2.05) is 7.05 Å². The van der Waals surface area contributed by atoms with Gasteiger partial charge in [-0.05, 0) is 43.7 Å². The van der Waals surface area contributed by atoms with Crippen molar-refractivity contribution in [2.24, 2.45) is 0 Å². The number of aliphatic hydroxyl groups is 1. The molecule has 2 aromatic rings. The van der Waals surface area contributed by atoms with Crippen molar-refractivity contribution in [2.75, 3.05) is 13.6 Å². The molecule has 0 saturated carbocycles. The standard InChI is InChI=1S/C18H22FNO/c1-14-6-8-15(9-7-14)13-20(2)11-10-18(21)16-4-3-5-17(19)12-16/h3-9,12,18,21H,10-11,13H2,1-2H3. The zero-order chi connectivity index (χ0) is 15.2. The average Bonchev–Trinajstić information content (AvgIpc) is 2.47. The third kappa shape index (κ3) is 4.96. The molecule has 0 aliphatic heterocycles. The Kier molecular flexibility index (Phi) is 5.48. The normalized spacial score (nSPS) is 12.6. The fourth-order valence-corrected chi connectivity index (χ4v) is 2.31. The Labute approximate surface area is 125 Å². The summed E-state index contributed by atoms with van der Waals surface area (Å²) in [6.45, 7) is 3.67. The fourth-order valence-electron chi connectivity index (χ4n) is 2.31. The lowest BCUT2D eigenvalue weighted by atomic mass is 10.1. The second-order valence-electron chi connectivity index (χ2n) is 5.58. The van der Waals surface area contributed by atoms with Crippen LogP contribution in [-0.2, 0) is 6.54 Å². The molecular formula is C18H22FNO. The highest BCUT2D eigenvalue weighted by molar-refractivity contribution is 5.21. The van der Waals surface area contributed by atoms with E-state index in [-0.39, 0.29) is 5.82 Å². The van der Waals surface area contributed by atoms with Crippen LogP contribution >= 0.6 is 0 Å². The molecule has 0 spiro atoms. The molecular weight excluding hydrogens is 265 g/mol. The molecule has 0 aromatic heterocycles. The zero-order valence-electron chi connectivity index (χ0n) is 12.6. The van der Waals surface area contributed by atoms with Crippen molar-refractivity contribution in [1.82, 2.24) is 4.90 Å². The minimum absolute atomic E-state index is 0.306. The van der Waals surface area contributed by atoms with Crippen LogP contribution in [0.25, 0.3) is 0 Å². The number of rotatable bonds is 6. The van der Waals surface area contributed by atoms with E-state index in [9.17, 15) is 9.50 Å². The number of aliphatic hydroxyl groups excluding tert-OH is 1. The van der Waals surface area contributed by atoms with Gasteiger partial charge in [0.05, 0.1) is 6.10 Å². The van der Waals surface area contributed by atoms with Gasteiger partial charge < -0.3 is 10.0 Å². The monoisotopic (exact) mass is 287 g/mol. The van der Waals surface area contributed by atoms with Gasteiger partial charge >= 0.3 is 0 Å². The Hall–Kier alpha value is -1.71. The zero-order valence-corrected chi connectivity index (χ0v) is 12.6. The molecule has 21 heavy (non-hydrogen) atoms. The molecule has 1 atom stereocenters. The average molecular weight is 287 g/mol. The molecule has 0 amide bonds. The molecule has 1 N–H and O–H groups in total. The van der Waals surface area contributed by atoms with Crippen molar-refractivity contribution in [3.05, 3.63) is 71.0 Å². The van der Waals surface area contributed by atoms with Crippen molar-refractivity contribution < 1.29 is 9.50 Å². The van der Waals surface area contributed by atoms with Crippen molar-refractivity contribution in [2.45, 2.75) is 26.0 Å². The summed E-state index contributed by atoms with van der Waals surface area (Å²) >= 11 is 0. The van der Waals surface area contributed by atoms with Crippen molar-refractivity contribution in [1.29, 1.82) is 0 Å². The smallest absolute Gasteiger partial charge is 0.123 e. The van der Waals surface area contributed by atoms with E-state index in [1.54, 1.807) is 12.1 Å². The molecule has 112 valence electrons. The quantitative estimate of drug-likeness (QED) is 0.876. The van der Waals surface area contributed by atoms with Gasteiger partial charge in [0.25, 0.3) is 0 Å². The SMILES string of the molecule is Cc1ccc(CN(C)CCC(O)c2cccc(F)c2)cc1. The Morgan fingerprint density at radius 3 is 2.52 bits per heavy atom. The number of halogens is 1. The summed E-state index contributed by atoms with van der Waals surface area (Å²) in [6.07, 6.45) is -0.0348. The van der Waals surface area contributed by atoms with Crippen LogP contribution in [0.15, 0.2) is 48.5 Å². The van der Waals surface area contributed by atoms with E-state index in [0.29, 0.717) is 12.0 Å². The van der Waals surface area contributed by atoms with E-state index >= 15 is 0 Å². The highest BCUT2D eigenvalue weighted by atomic mass is 19.1. The molecule has 2 aromatic carbocycles. The Morgan fingerprint density at radius 2 is 1.86 bits per heavy atom. The largest absolute Gasteiger partial charge is 0.388 e. The predicted octanol–water partition coefficient (Wildman–Crippen LogP) is 3.69. The third-order valence-electron chi connectivity index (χ3n) is 3.59. The lowest BCUT2D eigenvalue weighted by Gasteiger charge is -2.19. The van der Waals surface area contributed by atoms with E-state index < -0.39 is 6.10 Å². The number of nitrogens with zero attached hydrogens (tertiary/aromatic N) is 1. The topological polar surface area (TPSA) is 23.5 Å². The number of hydrogen-bond donors (Lipinski definition) is 1. The maximum absolute atomic E-state index is 13.1.